The molecule has 3 nitrogen and oxygen atoms in total. The molecular weight excluding hydrogens is 212 g/mol. The second-order valence-corrected chi connectivity index (χ2v) is 4.02. The third-order valence-corrected chi connectivity index (χ3v) is 2.98. The zero-order chi connectivity index (χ0) is 11.2. The second-order valence-electron chi connectivity index (χ2n) is 4.02. The summed E-state index contributed by atoms with van der Waals surface area (Å²) >= 11 is 0. The van der Waals surface area contributed by atoms with Gasteiger partial charge in [0, 0.05) is 29.4 Å². The van der Waals surface area contributed by atoms with Crippen molar-refractivity contribution < 1.29 is 4.42 Å². The first-order valence-corrected chi connectivity index (χ1v) is 5.43. The monoisotopic (exact) mass is 220 g/mol. The highest BCUT2D eigenvalue weighted by atomic mass is 16.3. The Morgan fingerprint density at radius 2 is 1.94 bits per heavy atom. The molecule has 0 fully saturated rings. The number of aromatic nitrogens is 2. The van der Waals surface area contributed by atoms with Crippen molar-refractivity contribution in [3.63, 3.8) is 0 Å². The van der Waals surface area contributed by atoms with Gasteiger partial charge in [0.05, 0.1) is 0 Å². The lowest BCUT2D eigenvalue weighted by Crippen LogP contribution is -1.76. The summed E-state index contributed by atoms with van der Waals surface area (Å²) in [5.74, 6) is 0. The number of hydrogen-bond donors (Lipinski definition) is 0. The molecule has 0 saturated heterocycles. The fourth-order valence-electron chi connectivity index (χ4n) is 2.18. The molecule has 0 bridgehead atoms. The van der Waals surface area contributed by atoms with Gasteiger partial charge in [0.1, 0.15) is 11.1 Å². The van der Waals surface area contributed by atoms with Crippen molar-refractivity contribution in [2.75, 3.05) is 0 Å². The first kappa shape index (κ1) is 8.70. The maximum absolute atomic E-state index is 5.78. The van der Waals surface area contributed by atoms with Crippen LogP contribution in [0.1, 0.15) is 0 Å². The molecule has 0 aliphatic carbocycles. The summed E-state index contributed by atoms with van der Waals surface area (Å²) in [6.45, 7) is 0. The van der Waals surface area contributed by atoms with Gasteiger partial charge in [-0.15, -0.1) is 0 Å². The van der Waals surface area contributed by atoms with Crippen LogP contribution in [0.4, 0.5) is 0 Å². The predicted octanol–water partition coefficient (Wildman–Crippen LogP) is 3.53. The third-order valence-electron chi connectivity index (χ3n) is 2.98. The summed E-state index contributed by atoms with van der Waals surface area (Å²) < 4.78 is 5.78. The molecule has 0 spiro atoms. The van der Waals surface area contributed by atoms with E-state index in [9.17, 15) is 0 Å². The van der Waals surface area contributed by atoms with Crippen LogP contribution in [0.2, 0.25) is 0 Å². The molecule has 0 aliphatic heterocycles. The molecule has 3 aromatic heterocycles. The molecule has 0 radical (unpaired) electrons. The summed E-state index contributed by atoms with van der Waals surface area (Å²) in [6.07, 6.45) is 5.43. The van der Waals surface area contributed by atoms with E-state index in [2.05, 4.69) is 16.0 Å². The minimum absolute atomic E-state index is 0.825. The highest BCUT2D eigenvalue weighted by Gasteiger charge is 2.08. The number of pyridine rings is 2. The van der Waals surface area contributed by atoms with Gasteiger partial charge in [-0.25, -0.2) is 0 Å². The average molecular weight is 220 g/mol. The van der Waals surface area contributed by atoms with E-state index in [-0.39, 0.29) is 0 Å². The van der Waals surface area contributed by atoms with Gasteiger partial charge in [0.15, 0.2) is 5.58 Å². The Labute approximate surface area is 96.7 Å². The van der Waals surface area contributed by atoms with Gasteiger partial charge in [-0.2, -0.15) is 0 Å². The van der Waals surface area contributed by atoms with E-state index in [4.69, 9.17) is 4.42 Å². The van der Waals surface area contributed by atoms with Crippen molar-refractivity contribution in [1.29, 1.82) is 0 Å². The van der Waals surface area contributed by atoms with E-state index in [0.29, 0.717) is 0 Å². The first-order chi connectivity index (χ1) is 8.42. The minimum atomic E-state index is 0.825. The maximum atomic E-state index is 5.78. The lowest BCUT2D eigenvalue weighted by Gasteiger charge is -1.95. The van der Waals surface area contributed by atoms with Crippen LogP contribution in [0.25, 0.3) is 32.8 Å². The van der Waals surface area contributed by atoms with Crippen LogP contribution in [0, 0.1) is 0 Å². The third kappa shape index (κ3) is 1.16. The molecule has 0 aliphatic rings. The smallest absolute Gasteiger partial charge is 0.153 e. The molecule has 0 atom stereocenters. The van der Waals surface area contributed by atoms with Crippen molar-refractivity contribution in [3.05, 3.63) is 48.9 Å². The quantitative estimate of drug-likeness (QED) is 0.455. The van der Waals surface area contributed by atoms with Gasteiger partial charge < -0.3 is 4.42 Å². The Balaban J connectivity index is 2.28. The van der Waals surface area contributed by atoms with E-state index in [1.807, 2.05) is 30.5 Å². The number of benzene rings is 1. The Morgan fingerprint density at radius 3 is 2.94 bits per heavy atom. The Hall–Kier alpha value is -2.42. The molecule has 3 heteroatoms. The summed E-state index contributed by atoms with van der Waals surface area (Å²) in [5, 5.41) is 3.28. The number of nitrogens with zero attached hydrogens (tertiary/aromatic N) is 2. The lowest BCUT2D eigenvalue weighted by molar-refractivity contribution is 0.668. The summed E-state index contributed by atoms with van der Waals surface area (Å²) in [5.41, 5.74) is 2.61. The zero-order valence-corrected chi connectivity index (χ0v) is 8.92. The van der Waals surface area contributed by atoms with Gasteiger partial charge in [-0.05, 0) is 35.7 Å². The van der Waals surface area contributed by atoms with Crippen LogP contribution in [-0.2, 0) is 0 Å². The molecular formula is C14H8N2O. The van der Waals surface area contributed by atoms with Crippen LogP contribution < -0.4 is 0 Å². The SMILES string of the molecule is c1cnc2c(c1)oc1cc3ccncc3cc12. The van der Waals surface area contributed by atoms with Crippen molar-refractivity contribution in [3.8, 4) is 0 Å². The van der Waals surface area contributed by atoms with Crippen LogP contribution in [0.3, 0.4) is 0 Å². The largest absolute Gasteiger partial charge is 0.454 e. The van der Waals surface area contributed by atoms with Crippen molar-refractivity contribution in [2.45, 2.75) is 0 Å². The summed E-state index contributed by atoms with van der Waals surface area (Å²) in [7, 11) is 0. The average Bonchev–Trinajstić information content (AvgIpc) is 2.73. The first-order valence-electron chi connectivity index (χ1n) is 5.43. The van der Waals surface area contributed by atoms with Crippen LogP contribution in [0.5, 0.6) is 0 Å². The van der Waals surface area contributed by atoms with Gasteiger partial charge in [0.25, 0.3) is 0 Å². The standard InChI is InChI=1S/C14H8N2O/c1-2-12-14(16-4-1)11-6-10-8-15-5-3-9(10)7-13(11)17-12/h1-8H. The van der Waals surface area contributed by atoms with E-state index in [1.165, 1.54) is 0 Å². The van der Waals surface area contributed by atoms with Crippen LogP contribution in [0.15, 0.2) is 53.3 Å². The summed E-state index contributed by atoms with van der Waals surface area (Å²) in [4.78, 5) is 8.50. The van der Waals surface area contributed by atoms with E-state index >= 15 is 0 Å². The molecule has 0 N–H and O–H groups in total. The fourth-order valence-corrected chi connectivity index (χ4v) is 2.18. The van der Waals surface area contributed by atoms with Crippen LogP contribution >= 0.6 is 0 Å². The zero-order valence-electron chi connectivity index (χ0n) is 8.92. The number of furan rings is 1. The molecule has 4 aromatic rings. The van der Waals surface area contributed by atoms with Crippen molar-refractivity contribution >= 4 is 32.8 Å². The van der Waals surface area contributed by atoms with E-state index in [1.54, 1.807) is 12.4 Å². The van der Waals surface area contributed by atoms with Crippen molar-refractivity contribution in [2.24, 2.45) is 0 Å². The number of hydrogen-bond acceptors (Lipinski definition) is 3. The van der Waals surface area contributed by atoms with E-state index < -0.39 is 0 Å². The molecule has 1 aromatic carbocycles. The Morgan fingerprint density at radius 1 is 0.941 bits per heavy atom. The molecule has 80 valence electrons. The fraction of sp³-hybridized carbons (Fsp3) is 0. The topological polar surface area (TPSA) is 38.9 Å². The second kappa shape index (κ2) is 3.04. The van der Waals surface area contributed by atoms with Gasteiger partial charge >= 0.3 is 0 Å². The molecule has 0 saturated carbocycles. The lowest BCUT2D eigenvalue weighted by atomic mass is 10.1. The molecule has 4 rings (SSSR count). The van der Waals surface area contributed by atoms with Gasteiger partial charge in [-0.3, -0.25) is 9.97 Å². The summed E-state index contributed by atoms with van der Waals surface area (Å²) in [6, 6.07) is 9.91. The highest BCUT2D eigenvalue weighted by molar-refractivity contribution is 6.07. The van der Waals surface area contributed by atoms with Gasteiger partial charge in [-0.1, -0.05) is 0 Å². The number of rotatable bonds is 0. The normalized spacial score (nSPS) is 11.5. The molecule has 17 heavy (non-hydrogen) atoms. The van der Waals surface area contributed by atoms with Crippen LogP contribution in [-0.4, -0.2) is 9.97 Å². The Kier molecular flexibility index (Phi) is 1.56. The maximum Gasteiger partial charge on any atom is 0.153 e. The van der Waals surface area contributed by atoms with Gasteiger partial charge in [0.2, 0.25) is 0 Å². The molecule has 0 amide bonds. The number of fused-ring (bicyclic) bond motifs is 4. The van der Waals surface area contributed by atoms with E-state index in [0.717, 1.165) is 32.8 Å². The highest BCUT2D eigenvalue weighted by Crippen LogP contribution is 2.30. The van der Waals surface area contributed by atoms with Crippen molar-refractivity contribution in [1.82, 2.24) is 9.97 Å². The molecule has 0 unspecified atom stereocenters. The Bertz CT molecular complexity index is 842. The minimum Gasteiger partial charge on any atom is -0.454 e. The predicted molar refractivity (Wildman–Crippen MR) is 66.8 cm³/mol. The molecule has 3 heterocycles.